The molecule has 1 aromatic rings. The van der Waals surface area contributed by atoms with Crippen LogP contribution in [0, 0.1) is 16.3 Å². The van der Waals surface area contributed by atoms with Crippen molar-refractivity contribution < 1.29 is 4.92 Å². The predicted molar refractivity (Wildman–Crippen MR) is 24.1 cm³/mol. The average molecular weight is 112 g/mol. The van der Waals surface area contributed by atoms with Gasteiger partial charge in [-0.2, -0.15) is 5.10 Å². The van der Waals surface area contributed by atoms with Gasteiger partial charge in [-0.1, -0.05) is 0 Å². The second-order valence-electron chi connectivity index (χ2n) is 1.14. The Kier molecular flexibility index (Phi) is 0.957. The molecule has 0 unspecified atom stereocenters. The maximum atomic E-state index is 9.78. The molecule has 0 saturated heterocycles. The lowest BCUT2D eigenvalue weighted by Gasteiger charge is -1.75. The van der Waals surface area contributed by atoms with Crippen molar-refractivity contribution in [1.29, 1.82) is 0 Å². The number of H-pyrrole nitrogens is 1. The monoisotopic (exact) mass is 112 g/mol. The van der Waals surface area contributed by atoms with Gasteiger partial charge in [0, 0.05) is 0 Å². The Morgan fingerprint density at radius 2 is 2.75 bits per heavy atom. The number of hydrogen-bond donors (Lipinski definition) is 1. The van der Waals surface area contributed by atoms with E-state index in [2.05, 4.69) is 16.4 Å². The first kappa shape index (κ1) is 4.76. The van der Waals surface area contributed by atoms with Gasteiger partial charge in [0.2, 0.25) is 0 Å². The van der Waals surface area contributed by atoms with Crippen LogP contribution in [0.3, 0.4) is 0 Å². The molecule has 0 spiro atoms. The minimum atomic E-state index is -0.566. The van der Waals surface area contributed by atoms with Gasteiger partial charge in [0.1, 0.15) is 6.20 Å². The van der Waals surface area contributed by atoms with Gasteiger partial charge in [-0.15, -0.1) is 0 Å². The lowest BCUT2D eigenvalue weighted by molar-refractivity contribution is -0.385. The highest BCUT2D eigenvalue weighted by Crippen LogP contribution is 2.01. The van der Waals surface area contributed by atoms with Gasteiger partial charge in [-0.25, -0.2) is 0 Å². The summed E-state index contributed by atoms with van der Waals surface area (Å²) in [6.07, 6.45) is 3.30. The Balaban J connectivity index is 2.93. The third-order valence-electron chi connectivity index (χ3n) is 0.633. The van der Waals surface area contributed by atoms with Crippen LogP contribution in [0.15, 0.2) is 6.20 Å². The van der Waals surface area contributed by atoms with Crippen molar-refractivity contribution in [1.82, 2.24) is 10.2 Å². The molecule has 8 heavy (non-hydrogen) atoms. The van der Waals surface area contributed by atoms with Crippen LogP contribution < -0.4 is 0 Å². The standard InChI is InChI=1S/C3H2N3O2/c7-6(8)3-1-4-5-2-3/h1H,(H,4,5). The fourth-order valence-electron chi connectivity index (χ4n) is 0.309. The smallest absolute Gasteiger partial charge is 0.278 e. The van der Waals surface area contributed by atoms with Crippen molar-refractivity contribution >= 4 is 5.69 Å². The molecule has 1 radical (unpaired) electrons. The maximum absolute atomic E-state index is 9.78. The number of nitrogens with zero attached hydrogens (tertiary/aromatic N) is 2. The van der Waals surface area contributed by atoms with Gasteiger partial charge in [0.05, 0.1) is 4.92 Å². The lowest BCUT2D eigenvalue weighted by Crippen LogP contribution is -1.82. The number of nitro groups is 1. The Hall–Kier alpha value is -1.39. The Morgan fingerprint density at radius 1 is 2.00 bits per heavy atom. The molecule has 1 rings (SSSR count). The molecular formula is C3H2N3O2. The zero-order valence-corrected chi connectivity index (χ0v) is 3.79. The number of rotatable bonds is 1. The van der Waals surface area contributed by atoms with Crippen LogP contribution in [0.2, 0.25) is 0 Å². The Morgan fingerprint density at radius 3 is 3.00 bits per heavy atom. The van der Waals surface area contributed by atoms with Gasteiger partial charge >= 0.3 is 5.69 Å². The highest BCUT2D eigenvalue weighted by atomic mass is 16.6. The Bertz CT molecular complexity index is 180. The van der Waals surface area contributed by atoms with Crippen LogP contribution in [-0.4, -0.2) is 15.1 Å². The van der Waals surface area contributed by atoms with Crippen LogP contribution in [0.4, 0.5) is 5.69 Å². The van der Waals surface area contributed by atoms with Crippen molar-refractivity contribution in [2.24, 2.45) is 0 Å². The Labute approximate surface area is 44.5 Å². The van der Waals surface area contributed by atoms with E-state index in [-0.39, 0.29) is 5.69 Å². The summed E-state index contributed by atoms with van der Waals surface area (Å²) < 4.78 is 0. The molecule has 0 amide bonds. The summed E-state index contributed by atoms with van der Waals surface area (Å²) in [6, 6.07) is 0. The highest BCUT2D eigenvalue weighted by Gasteiger charge is 2.03. The van der Waals surface area contributed by atoms with E-state index < -0.39 is 4.92 Å². The maximum Gasteiger partial charge on any atom is 0.316 e. The van der Waals surface area contributed by atoms with Crippen LogP contribution in [0.25, 0.3) is 0 Å². The van der Waals surface area contributed by atoms with E-state index >= 15 is 0 Å². The summed E-state index contributed by atoms with van der Waals surface area (Å²) in [4.78, 5) is 9.21. The summed E-state index contributed by atoms with van der Waals surface area (Å²) in [5.74, 6) is 0. The number of aromatic nitrogens is 2. The predicted octanol–water partition coefficient (Wildman–Crippen LogP) is 0.118. The number of nitrogens with one attached hydrogen (secondary N) is 1. The quantitative estimate of drug-likeness (QED) is 0.414. The molecule has 0 aromatic carbocycles. The number of hydrogen-bond acceptors (Lipinski definition) is 3. The lowest BCUT2D eigenvalue weighted by atomic mass is 10.6. The van der Waals surface area contributed by atoms with Crippen LogP contribution in [0.1, 0.15) is 0 Å². The average Bonchev–Trinajstić information content (AvgIpc) is 2.12. The minimum Gasteiger partial charge on any atom is -0.278 e. The molecule has 41 valence electrons. The first-order valence-electron chi connectivity index (χ1n) is 1.86. The van der Waals surface area contributed by atoms with Crippen molar-refractivity contribution in [3.63, 3.8) is 0 Å². The van der Waals surface area contributed by atoms with Crippen molar-refractivity contribution in [2.75, 3.05) is 0 Å². The van der Waals surface area contributed by atoms with Gasteiger partial charge in [-0.3, -0.25) is 15.2 Å². The first-order valence-corrected chi connectivity index (χ1v) is 1.86. The van der Waals surface area contributed by atoms with E-state index in [1.165, 1.54) is 6.20 Å². The highest BCUT2D eigenvalue weighted by molar-refractivity contribution is 5.17. The second-order valence-corrected chi connectivity index (χ2v) is 1.14. The molecule has 0 aliphatic carbocycles. The summed E-state index contributed by atoms with van der Waals surface area (Å²) in [7, 11) is 0. The zero-order valence-electron chi connectivity index (χ0n) is 3.79. The number of aromatic amines is 1. The largest absolute Gasteiger partial charge is 0.316 e. The summed E-state index contributed by atoms with van der Waals surface area (Å²) >= 11 is 0. The van der Waals surface area contributed by atoms with Crippen molar-refractivity contribution in [3.05, 3.63) is 22.5 Å². The molecule has 5 nitrogen and oxygen atoms in total. The van der Waals surface area contributed by atoms with Crippen molar-refractivity contribution in [3.8, 4) is 0 Å². The molecule has 0 fully saturated rings. The summed E-state index contributed by atoms with van der Waals surface area (Å²) in [5, 5.41) is 15.3. The van der Waals surface area contributed by atoms with E-state index in [1.54, 1.807) is 0 Å². The third kappa shape index (κ3) is 0.651. The third-order valence-corrected chi connectivity index (χ3v) is 0.633. The SMILES string of the molecule is O=[N+]([O-])c1[c]n[nH]c1. The molecule has 5 heteroatoms. The molecule has 0 bridgehead atoms. The molecule has 0 atom stereocenters. The van der Waals surface area contributed by atoms with E-state index in [0.29, 0.717) is 0 Å². The van der Waals surface area contributed by atoms with Crippen LogP contribution in [0.5, 0.6) is 0 Å². The van der Waals surface area contributed by atoms with Crippen molar-refractivity contribution in [2.45, 2.75) is 0 Å². The molecular weight excluding hydrogens is 110 g/mol. The van der Waals surface area contributed by atoms with Gasteiger partial charge in [-0.05, 0) is 0 Å². The summed E-state index contributed by atoms with van der Waals surface area (Å²) in [6.45, 7) is 0. The van der Waals surface area contributed by atoms with E-state index in [9.17, 15) is 10.1 Å². The van der Waals surface area contributed by atoms with Gasteiger partial charge < -0.3 is 0 Å². The first-order chi connectivity index (χ1) is 3.80. The molecule has 0 saturated carbocycles. The molecule has 1 heterocycles. The van der Waals surface area contributed by atoms with E-state index in [4.69, 9.17) is 0 Å². The molecule has 1 aromatic heterocycles. The summed E-state index contributed by atoms with van der Waals surface area (Å²) in [5.41, 5.74) is -0.134. The normalized spacial score (nSPS) is 9.00. The fourth-order valence-corrected chi connectivity index (χ4v) is 0.309. The van der Waals surface area contributed by atoms with Crippen LogP contribution in [-0.2, 0) is 0 Å². The molecule has 1 N–H and O–H groups in total. The van der Waals surface area contributed by atoms with E-state index in [1.807, 2.05) is 0 Å². The molecule has 0 aliphatic heterocycles. The van der Waals surface area contributed by atoms with Gasteiger partial charge in [0.15, 0.2) is 6.20 Å². The zero-order chi connectivity index (χ0) is 5.98. The minimum absolute atomic E-state index is 0.134. The van der Waals surface area contributed by atoms with Gasteiger partial charge in [0.25, 0.3) is 0 Å². The second kappa shape index (κ2) is 1.61. The fraction of sp³-hybridized carbons (Fsp3) is 0. The topological polar surface area (TPSA) is 71.8 Å². The molecule has 0 aliphatic rings. The van der Waals surface area contributed by atoms with E-state index in [0.717, 1.165) is 0 Å². The van der Waals surface area contributed by atoms with Crippen LogP contribution >= 0.6 is 0 Å².